The molecular weight excluding hydrogens is 196 g/mol. The molecule has 15 heavy (non-hydrogen) atoms. The summed E-state index contributed by atoms with van der Waals surface area (Å²) < 4.78 is 1.56. The van der Waals surface area contributed by atoms with Gasteiger partial charge in [-0.3, -0.25) is 9.48 Å². The number of H-pyrrole nitrogens is 1. The predicted octanol–water partition coefficient (Wildman–Crippen LogP) is 0.184. The van der Waals surface area contributed by atoms with Crippen LogP contribution in [0, 0.1) is 6.92 Å². The molecule has 0 unspecified atom stereocenters. The lowest BCUT2D eigenvalue weighted by atomic mass is 10.3. The molecule has 0 spiro atoms. The molecule has 0 aliphatic rings. The molecule has 2 aromatic rings. The van der Waals surface area contributed by atoms with Crippen LogP contribution in [0.2, 0.25) is 0 Å². The van der Waals surface area contributed by atoms with Gasteiger partial charge in [-0.1, -0.05) is 0 Å². The minimum Gasteiger partial charge on any atom is -0.493 e. The molecule has 0 amide bonds. The summed E-state index contributed by atoms with van der Waals surface area (Å²) in [5.74, 6) is 0.0538. The molecule has 78 valence electrons. The summed E-state index contributed by atoms with van der Waals surface area (Å²) in [7, 11) is 1.73. The largest absolute Gasteiger partial charge is 0.493 e. The minimum atomic E-state index is -0.348. The second-order valence-electron chi connectivity index (χ2n) is 3.20. The number of rotatable bonds is 1. The van der Waals surface area contributed by atoms with E-state index in [1.54, 1.807) is 24.0 Å². The van der Waals surface area contributed by atoms with Crippen molar-refractivity contribution in [3.8, 4) is 17.4 Å². The van der Waals surface area contributed by atoms with Gasteiger partial charge in [0.2, 0.25) is 5.88 Å². The van der Waals surface area contributed by atoms with Crippen molar-refractivity contribution >= 4 is 0 Å². The Morgan fingerprint density at radius 1 is 1.53 bits per heavy atom. The summed E-state index contributed by atoms with van der Waals surface area (Å²) in [5.41, 5.74) is 0.502. The number of hydrogen-bond acceptors (Lipinski definition) is 4. The highest BCUT2D eigenvalue weighted by molar-refractivity contribution is 5.49. The summed E-state index contributed by atoms with van der Waals surface area (Å²) in [6.45, 7) is 1.51. The lowest BCUT2D eigenvalue weighted by Gasteiger charge is -2.02. The van der Waals surface area contributed by atoms with Crippen molar-refractivity contribution in [3.63, 3.8) is 0 Å². The molecule has 0 aliphatic heterocycles. The first-order valence-electron chi connectivity index (χ1n) is 4.38. The summed E-state index contributed by atoms with van der Waals surface area (Å²) in [5, 5.41) is 13.4. The molecule has 0 atom stereocenters. The number of aromatic nitrogens is 4. The molecule has 0 saturated heterocycles. The lowest BCUT2D eigenvalue weighted by molar-refractivity contribution is 0.447. The SMILES string of the molecule is Cc1c(O)nc(-c2ccnn2C)[nH]c1=O. The summed E-state index contributed by atoms with van der Waals surface area (Å²) in [4.78, 5) is 17.8. The fraction of sp³-hybridized carbons (Fsp3) is 0.222. The Bertz CT molecular complexity index is 555. The van der Waals surface area contributed by atoms with Gasteiger partial charge in [-0.2, -0.15) is 10.1 Å². The van der Waals surface area contributed by atoms with Gasteiger partial charge in [-0.15, -0.1) is 0 Å². The number of nitrogens with zero attached hydrogens (tertiary/aromatic N) is 3. The smallest absolute Gasteiger partial charge is 0.257 e. The predicted molar refractivity (Wildman–Crippen MR) is 53.5 cm³/mol. The first-order valence-corrected chi connectivity index (χ1v) is 4.38. The van der Waals surface area contributed by atoms with E-state index in [1.165, 1.54) is 6.92 Å². The van der Waals surface area contributed by atoms with Gasteiger partial charge < -0.3 is 10.1 Å². The van der Waals surface area contributed by atoms with E-state index < -0.39 is 0 Å². The quantitative estimate of drug-likeness (QED) is 0.697. The van der Waals surface area contributed by atoms with Crippen molar-refractivity contribution in [1.29, 1.82) is 0 Å². The van der Waals surface area contributed by atoms with Gasteiger partial charge in [-0.05, 0) is 13.0 Å². The van der Waals surface area contributed by atoms with Crippen LogP contribution in [0.15, 0.2) is 17.1 Å². The van der Waals surface area contributed by atoms with E-state index in [0.29, 0.717) is 11.5 Å². The van der Waals surface area contributed by atoms with E-state index >= 15 is 0 Å². The highest BCUT2D eigenvalue weighted by Gasteiger charge is 2.09. The average molecular weight is 206 g/mol. The number of aromatic amines is 1. The number of aromatic hydroxyl groups is 1. The standard InChI is InChI=1S/C9H10N4O2/c1-5-8(14)11-7(12-9(5)15)6-3-4-10-13(6)2/h3-4H,1-2H3,(H2,11,12,14,15). The van der Waals surface area contributed by atoms with Crippen molar-refractivity contribution in [2.45, 2.75) is 6.92 Å². The van der Waals surface area contributed by atoms with Crippen LogP contribution in [0.3, 0.4) is 0 Å². The zero-order valence-corrected chi connectivity index (χ0v) is 8.35. The van der Waals surface area contributed by atoms with E-state index in [4.69, 9.17) is 0 Å². The average Bonchev–Trinajstić information content (AvgIpc) is 2.60. The minimum absolute atomic E-state index is 0.209. The van der Waals surface area contributed by atoms with Crippen LogP contribution in [0.5, 0.6) is 5.88 Å². The fourth-order valence-electron chi connectivity index (χ4n) is 1.25. The first-order chi connectivity index (χ1) is 7.09. The molecule has 2 heterocycles. The first kappa shape index (κ1) is 9.45. The molecular formula is C9H10N4O2. The number of hydrogen-bond donors (Lipinski definition) is 2. The third-order valence-electron chi connectivity index (χ3n) is 2.19. The topological polar surface area (TPSA) is 83.8 Å². The number of aryl methyl sites for hydroxylation is 1. The van der Waals surface area contributed by atoms with Gasteiger partial charge in [0.05, 0.1) is 5.56 Å². The van der Waals surface area contributed by atoms with E-state index in [9.17, 15) is 9.90 Å². The van der Waals surface area contributed by atoms with Crippen LogP contribution >= 0.6 is 0 Å². The Morgan fingerprint density at radius 2 is 2.27 bits per heavy atom. The van der Waals surface area contributed by atoms with E-state index in [0.717, 1.165) is 0 Å². The maximum atomic E-state index is 11.4. The monoisotopic (exact) mass is 206 g/mol. The van der Waals surface area contributed by atoms with Crippen molar-refractivity contribution in [1.82, 2.24) is 19.7 Å². The molecule has 0 saturated carbocycles. The van der Waals surface area contributed by atoms with Crippen LogP contribution in [0.25, 0.3) is 11.5 Å². The number of nitrogens with one attached hydrogen (secondary N) is 1. The zero-order valence-electron chi connectivity index (χ0n) is 8.35. The van der Waals surface area contributed by atoms with Gasteiger partial charge in [0.1, 0.15) is 5.69 Å². The van der Waals surface area contributed by atoms with Gasteiger partial charge in [0, 0.05) is 13.2 Å². The maximum absolute atomic E-state index is 11.4. The van der Waals surface area contributed by atoms with Crippen LogP contribution in [0.1, 0.15) is 5.56 Å². The van der Waals surface area contributed by atoms with E-state index in [1.807, 2.05) is 0 Å². The molecule has 0 radical (unpaired) electrons. The van der Waals surface area contributed by atoms with E-state index in [-0.39, 0.29) is 17.0 Å². The van der Waals surface area contributed by atoms with Crippen LogP contribution in [-0.4, -0.2) is 24.9 Å². The fourth-order valence-corrected chi connectivity index (χ4v) is 1.25. The Kier molecular flexibility index (Phi) is 2.03. The van der Waals surface area contributed by atoms with Gasteiger partial charge in [-0.25, -0.2) is 0 Å². The molecule has 6 heteroatoms. The summed E-state index contributed by atoms with van der Waals surface area (Å²) >= 11 is 0. The van der Waals surface area contributed by atoms with Gasteiger partial charge in [0.25, 0.3) is 5.56 Å². The highest BCUT2D eigenvalue weighted by Crippen LogP contribution is 2.15. The second-order valence-corrected chi connectivity index (χ2v) is 3.20. The third-order valence-corrected chi connectivity index (χ3v) is 2.19. The van der Waals surface area contributed by atoms with Crippen LogP contribution in [0.4, 0.5) is 0 Å². The van der Waals surface area contributed by atoms with E-state index in [2.05, 4.69) is 15.1 Å². The molecule has 0 bridgehead atoms. The normalized spacial score (nSPS) is 10.5. The molecule has 0 aromatic carbocycles. The molecule has 0 fully saturated rings. The maximum Gasteiger partial charge on any atom is 0.257 e. The Balaban J connectivity index is 2.66. The Hall–Kier alpha value is -2.11. The molecule has 0 aliphatic carbocycles. The zero-order chi connectivity index (χ0) is 11.0. The van der Waals surface area contributed by atoms with Crippen molar-refractivity contribution in [2.24, 2.45) is 7.05 Å². The van der Waals surface area contributed by atoms with Crippen LogP contribution in [-0.2, 0) is 7.05 Å². The third kappa shape index (κ3) is 1.50. The molecule has 2 N–H and O–H groups in total. The lowest BCUT2D eigenvalue weighted by Crippen LogP contribution is -2.13. The molecule has 6 nitrogen and oxygen atoms in total. The van der Waals surface area contributed by atoms with Gasteiger partial charge >= 0.3 is 0 Å². The highest BCUT2D eigenvalue weighted by atomic mass is 16.3. The Labute approximate surface area is 85.2 Å². The van der Waals surface area contributed by atoms with Crippen LogP contribution < -0.4 is 5.56 Å². The summed E-state index contributed by atoms with van der Waals surface area (Å²) in [6, 6.07) is 1.70. The van der Waals surface area contributed by atoms with Crippen molar-refractivity contribution in [2.75, 3.05) is 0 Å². The van der Waals surface area contributed by atoms with Crippen molar-refractivity contribution < 1.29 is 5.11 Å². The Morgan fingerprint density at radius 3 is 2.80 bits per heavy atom. The molecule has 2 rings (SSSR count). The van der Waals surface area contributed by atoms with Gasteiger partial charge in [0.15, 0.2) is 5.82 Å². The molecule has 2 aromatic heterocycles. The second kappa shape index (κ2) is 3.23. The summed E-state index contributed by atoms with van der Waals surface area (Å²) in [6.07, 6.45) is 1.59. The van der Waals surface area contributed by atoms with Crippen molar-refractivity contribution in [3.05, 3.63) is 28.2 Å².